The van der Waals surface area contributed by atoms with E-state index in [9.17, 15) is 14.9 Å². The van der Waals surface area contributed by atoms with Gasteiger partial charge in [0.15, 0.2) is 5.15 Å². The van der Waals surface area contributed by atoms with Crippen molar-refractivity contribution in [1.82, 2.24) is 20.0 Å². The molecule has 0 spiro atoms. The number of carbonyl (C=O) groups excluding carboxylic acids is 1. The van der Waals surface area contributed by atoms with E-state index in [0.29, 0.717) is 22.3 Å². The minimum absolute atomic E-state index is 0.0623. The van der Waals surface area contributed by atoms with Gasteiger partial charge in [-0.15, -0.1) is 11.3 Å². The molecule has 0 aliphatic rings. The lowest BCUT2D eigenvalue weighted by molar-refractivity contribution is -0.384. The molecule has 0 aliphatic carbocycles. The Kier molecular flexibility index (Phi) is 5.79. The number of non-ortho nitro benzene ring substituents is 1. The Balaban J connectivity index is 1.62. The quantitative estimate of drug-likeness (QED) is 0.369. The maximum absolute atomic E-state index is 12.1. The van der Waals surface area contributed by atoms with Gasteiger partial charge in [0.2, 0.25) is 0 Å². The molecule has 1 aromatic carbocycles. The number of carbonyl (C=O) groups is 1. The Morgan fingerprint density at radius 3 is 2.96 bits per heavy atom. The zero-order chi connectivity index (χ0) is 19.4. The van der Waals surface area contributed by atoms with Crippen LogP contribution < -0.4 is 5.43 Å². The zero-order valence-electron chi connectivity index (χ0n) is 13.4. The number of nitrogens with zero attached hydrogens (tertiary/aromatic N) is 5. The summed E-state index contributed by atoms with van der Waals surface area (Å²) in [5, 5.41) is 17.2. The second kappa shape index (κ2) is 8.25. The molecule has 0 saturated heterocycles. The summed E-state index contributed by atoms with van der Waals surface area (Å²) in [5.74, 6) is -0.506. The number of hydrazone groups is 1. The Morgan fingerprint density at radius 2 is 2.26 bits per heavy atom. The second-order valence-corrected chi connectivity index (χ2v) is 6.79. The Bertz CT molecular complexity index is 1030. The van der Waals surface area contributed by atoms with Crippen molar-refractivity contribution in [2.24, 2.45) is 5.10 Å². The van der Waals surface area contributed by atoms with E-state index < -0.39 is 10.8 Å². The highest BCUT2D eigenvalue weighted by atomic mass is 35.5. The van der Waals surface area contributed by atoms with Crippen LogP contribution in [0.15, 0.2) is 41.1 Å². The van der Waals surface area contributed by atoms with Crippen LogP contribution in [0.1, 0.15) is 21.1 Å². The third kappa shape index (κ3) is 4.67. The molecule has 3 rings (SSSR count). The number of nitrogens with one attached hydrogen (secondary N) is 1. The number of nitro groups is 1. The smallest absolute Gasteiger partial charge is 0.290 e. The predicted octanol–water partition coefficient (Wildman–Crippen LogP) is 3.37. The molecule has 0 fully saturated rings. The van der Waals surface area contributed by atoms with E-state index in [2.05, 4.69) is 20.5 Å². The fourth-order valence-corrected chi connectivity index (χ4v) is 3.10. The maximum atomic E-state index is 12.1. The van der Waals surface area contributed by atoms with E-state index in [1.807, 2.05) is 0 Å². The van der Waals surface area contributed by atoms with Gasteiger partial charge in [0.25, 0.3) is 11.6 Å². The highest BCUT2D eigenvalue weighted by Crippen LogP contribution is 2.21. The van der Waals surface area contributed by atoms with Crippen LogP contribution in [0.25, 0.3) is 0 Å². The lowest BCUT2D eigenvalue weighted by Crippen LogP contribution is -2.18. The summed E-state index contributed by atoms with van der Waals surface area (Å²) in [5.41, 5.74) is 2.94. The minimum atomic E-state index is -0.508. The highest BCUT2D eigenvalue weighted by molar-refractivity contribution is 7.09. The monoisotopic (exact) mass is 424 g/mol. The molecule has 0 atom stereocenters. The van der Waals surface area contributed by atoms with Crippen LogP contribution in [-0.4, -0.2) is 31.6 Å². The number of halogens is 2. The number of hydrogen-bond donors (Lipinski definition) is 1. The van der Waals surface area contributed by atoms with Crippen LogP contribution in [0.5, 0.6) is 0 Å². The molecule has 1 amide bonds. The van der Waals surface area contributed by atoms with E-state index in [0.717, 1.165) is 0 Å². The molecular formula is C15H10Cl2N6O3S. The molecule has 0 bridgehead atoms. The molecule has 3 aromatic rings. The van der Waals surface area contributed by atoms with Gasteiger partial charge in [0.05, 0.1) is 24.0 Å². The number of thiazole rings is 1. The van der Waals surface area contributed by atoms with Gasteiger partial charge in [-0.1, -0.05) is 35.3 Å². The molecule has 27 heavy (non-hydrogen) atoms. The van der Waals surface area contributed by atoms with Crippen LogP contribution in [0.3, 0.4) is 0 Å². The summed E-state index contributed by atoms with van der Waals surface area (Å²) in [6.45, 7) is 0.327. The maximum Gasteiger partial charge on any atom is 0.290 e. The van der Waals surface area contributed by atoms with Crippen LogP contribution in [0.4, 0.5) is 5.69 Å². The van der Waals surface area contributed by atoms with Crippen molar-refractivity contribution in [3.05, 3.63) is 72.7 Å². The molecular weight excluding hydrogens is 415 g/mol. The SMILES string of the molecule is O=C(N/N=C\c1cccc([N+](=O)[O-])c1)c1csc(Cn2cnc(Cl)c2Cl)n1. The number of aromatic nitrogens is 3. The summed E-state index contributed by atoms with van der Waals surface area (Å²) >= 11 is 13.1. The third-order valence-corrected chi connectivity index (χ3v) is 4.89. The third-order valence-electron chi connectivity index (χ3n) is 3.28. The average molecular weight is 425 g/mol. The second-order valence-electron chi connectivity index (χ2n) is 5.13. The molecule has 2 aromatic heterocycles. The standard InChI is InChI=1S/C15H10Cl2N6O3S/c16-13-14(17)22(8-18-13)6-12-20-11(7-27-12)15(24)21-19-5-9-2-1-3-10(4-9)23(25)26/h1-5,7-8H,6H2,(H,21,24)/b19-5-. The fraction of sp³-hybridized carbons (Fsp3) is 0.0667. The number of rotatable bonds is 6. The Morgan fingerprint density at radius 1 is 1.44 bits per heavy atom. The normalized spacial score (nSPS) is 11.0. The minimum Gasteiger partial charge on any atom is -0.313 e. The van der Waals surface area contributed by atoms with E-state index in [1.54, 1.807) is 16.0 Å². The van der Waals surface area contributed by atoms with Crippen molar-refractivity contribution in [2.45, 2.75) is 6.54 Å². The molecule has 1 N–H and O–H groups in total. The van der Waals surface area contributed by atoms with E-state index in [1.165, 1.54) is 42.1 Å². The topological polar surface area (TPSA) is 115 Å². The van der Waals surface area contributed by atoms with Gasteiger partial charge in [-0.3, -0.25) is 14.9 Å². The van der Waals surface area contributed by atoms with Crippen molar-refractivity contribution in [1.29, 1.82) is 0 Å². The molecule has 12 heteroatoms. The molecule has 9 nitrogen and oxygen atoms in total. The number of nitro benzene ring substituents is 1. The van der Waals surface area contributed by atoms with E-state index >= 15 is 0 Å². The summed E-state index contributed by atoms with van der Waals surface area (Å²) in [7, 11) is 0. The number of benzene rings is 1. The predicted molar refractivity (Wildman–Crippen MR) is 102 cm³/mol. The first kappa shape index (κ1) is 19.0. The van der Waals surface area contributed by atoms with Gasteiger partial charge >= 0.3 is 0 Å². The van der Waals surface area contributed by atoms with Crippen molar-refractivity contribution in [3.63, 3.8) is 0 Å². The molecule has 2 heterocycles. The van der Waals surface area contributed by atoms with Crippen molar-refractivity contribution in [2.75, 3.05) is 0 Å². The lowest BCUT2D eigenvalue weighted by atomic mass is 10.2. The van der Waals surface area contributed by atoms with Crippen molar-refractivity contribution in [3.8, 4) is 0 Å². The van der Waals surface area contributed by atoms with Crippen molar-refractivity contribution >= 4 is 52.3 Å². The first-order chi connectivity index (χ1) is 12.9. The number of imidazole rings is 1. The van der Waals surface area contributed by atoms with Gasteiger partial charge < -0.3 is 4.57 Å². The number of amides is 1. The molecule has 0 saturated carbocycles. The van der Waals surface area contributed by atoms with E-state index in [4.69, 9.17) is 23.2 Å². The van der Waals surface area contributed by atoms with Gasteiger partial charge in [0.1, 0.15) is 15.9 Å². The van der Waals surface area contributed by atoms with Gasteiger partial charge in [0, 0.05) is 23.1 Å². The van der Waals surface area contributed by atoms with Crippen molar-refractivity contribution < 1.29 is 9.72 Å². The van der Waals surface area contributed by atoms with Crippen LogP contribution in [-0.2, 0) is 6.54 Å². The largest absolute Gasteiger partial charge is 0.313 e. The average Bonchev–Trinajstić information content (AvgIpc) is 3.24. The Hall–Kier alpha value is -2.82. The number of hydrogen-bond acceptors (Lipinski definition) is 7. The summed E-state index contributed by atoms with van der Waals surface area (Å²) in [6, 6.07) is 5.87. The molecule has 0 aliphatic heterocycles. The van der Waals surface area contributed by atoms with Gasteiger partial charge in [-0.25, -0.2) is 15.4 Å². The molecule has 138 valence electrons. The summed E-state index contributed by atoms with van der Waals surface area (Å²) in [4.78, 5) is 30.4. The lowest BCUT2D eigenvalue weighted by Gasteiger charge is -1.99. The zero-order valence-corrected chi connectivity index (χ0v) is 15.7. The molecule has 0 radical (unpaired) electrons. The van der Waals surface area contributed by atoms with Crippen LogP contribution >= 0.6 is 34.5 Å². The Labute approximate surface area is 166 Å². The van der Waals surface area contributed by atoms with Crippen LogP contribution in [0.2, 0.25) is 10.3 Å². The van der Waals surface area contributed by atoms with E-state index in [-0.39, 0.29) is 16.5 Å². The highest BCUT2D eigenvalue weighted by Gasteiger charge is 2.13. The fourth-order valence-electron chi connectivity index (χ4n) is 2.03. The summed E-state index contributed by atoms with van der Waals surface area (Å²) in [6.07, 6.45) is 2.79. The van der Waals surface area contributed by atoms with Gasteiger partial charge in [-0.05, 0) is 0 Å². The van der Waals surface area contributed by atoms with Crippen LogP contribution in [0, 0.1) is 10.1 Å². The van der Waals surface area contributed by atoms with Gasteiger partial charge in [-0.2, -0.15) is 5.10 Å². The first-order valence-corrected chi connectivity index (χ1v) is 8.96. The molecule has 0 unspecified atom stereocenters. The summed E-state index contributed by atoms with van der Waals surface area (Å²) < 4.78 is 1.60. The first-order valence-electron chi connectivity index (χ1n) is 7.32.